The number of benzene rings is 3. The van der Waals surface area contributed by atoms with Gasteiger partial charge >= 0.3 is 0 Å². The average Bonchev–Trinajstić information content (AvgIpc) is 2.89. The third kappa shape index (κ3) is 8.62. The smallest absolute Gasteiger partial charge is 0.243 e. The van der Waals surface area contributed by atoms with Crippen LogP contribution >= 0.6 is 15.9 Å². The van der Waals surface area contributed by atoms with Gasteiger partial charge in [0.2, 0.25) is 11.8 Å². The van der Waals surface area contributed by atoms with Gasteiger partial charge in [-0.15, -0.1) is 0 Å². The van der Waals surface area contributed by atoms with Crippen LogP contribution in [-0.2, 0) is 29.0 Å². The van der Waals surface area contributed by atoms with Crippen molar-refractivity contribution in [3.05, 3.63) is 94.0 Å². The maximum Gasteiger partial charge on any atom is 0.243 e. The van der Waals surface area contributed by atoms with E-state index in [2.05, 4.69) is 21.2 Å². The molecule has 1 N–H and O–H groups in total. The van der Waals surface area contributed by atoms with Gasteiger partial charge in [-0.05, 0) is 68.1 Å². The minimum atomic E-state index is -0.668. The van der Waals surface area contributed by atoms with Crippen molar-refractivity contribution in [2.24, 2.45) is 0 Å². The van der Waals surface area contributed by atoms with E-state index in [1.165, 1.54) is 0 Å². The van der Waals surface area contributed by atoms with Gasteiger partial charge in [0.1, 0.15) is 6.04 Å². The number of methoxy groups -OCH3 is 2. The molecule has 3 rings (SSSR count). The van der Waals surface area contributed by atoms with Gasteiger partial charge in [-0.25, -0.2) is 0 Å². The molecule has 0 aliphatic rings. The molecule has 0 unspecified atom stereocenters. The lowest BCUT2D eigenvalue weighted by Crippen LogP contribution is -2.54. The van der Waals surface area contributed by atoms with Crippen LogP contribution in [0.3, 0.4) is 0 Å². The van der Waals surface area contributed by atoms with E-state index in [0.29, 0.717) is 30.9 Å². The summed E-state index contributed by atoms with van der Waals surface area (Å²) in [5, 5.41) is 3.10. The minimum Gasteiger partial charge on any atom is -0.493 e. The highest BCUT2D eigenvalue weighted by molar-refractivity contribution is 9.10. The number of rotatable bonds is 11. The first-order valence-electron chi connectivity index (χ1n) is 12.7. The molecule has 6 nitrogen and oxygen atoms in total. The summed E-state index contributed by atoms with van der Waals surface area (Å²) < 4.78 is 11.7. The SMILES string of the molecule is COc1ccc(CCC(=O)N(Cc2ccc(Br)cc2)[C@H](Cc2ccccc2)C(=O)NC(C)(C)C)cc1OC. The van der Waals surface area contributed by atoms with Crippen molar-refractivity contribution in [1.29, 1.82) is 0 Å². The lowest BCUT2D eigenvalue weighted by atomic mass is 9.99. The summed E-state index contributed by atoms with van der Waals surface area (Å²) in [7, 11) is 3.19. The van der Waals surface area contributed by atoms with Gasteiger partial charge in [0.25, 0.3) is 0 Å². The van der Waals surface area contributed by atoms with Crippen LogP contribution in [0.15, 0.2) is 77.3 Å². The highest BCUT2D eigenvalue weighted by atomic mass is 79.9. The normalized spacial score (nSPS) is 11.9. The van der Waals surface area contributed by atoms with Crippen molar-refractivity contribution in [1.82, 2.24) is 10.2 Å². The van der Waals surface area contributed by atoms with Crippen molar-refractivity contribution in [3.8, 4) is 11.5 Å². The lowest BCUT2D eigenvalue weighted by Gasteiger charge is -2.34. The van der Waals surface area contributed by atoms with E-state index in [0.717, 1.165) is 21.2 Å². The third-order valence-corrected chi connectivity index (χ3v) is 6.64. The second-order valence-electron chi connectivity index (χ2n) is 10.3. The average molecular weight is 582 g/mol. The van der Waals surface area contributed by atoms with Crippen LogP contribution in [-0.4, -0.2) is 42.5 Å². The van der Waals surface area contributed by atoms with E-state index in [-0.39, 0.29) is 18.2 Å². The summed E-state index contributed by atoms with van der Waals surface area (Å²) in [5.41, 5.74) is 2.47. The molecule has 2 amide bonds. The van der Waals surface area contributed by atoms with E-state index in [1.54, 1.807) is 19.1 Å². The summed E-state index contributed by atoms with van der Waals surface area (Å²) in [6, 6.07) is 22.7. The molecule has 0 saturated heterocycles. The van der Waals surface area contributed by atoms with Gasteiger partial charge in [0, 0.05) is 29.4 Å². The van der Waals surface area contributed by atoms with Crippen LogP contribution < -0.4 is 14.8 Å². The number of hydrogen-bond acceptors (Lipinski definition) is 4. The molecule has 0 saturated carbocycles. The molecule has 7 heteroatoms. The number of hydrogen-bond donors (Lipinski definition) is 1. The number of nitrogens with one attached hydrogen (secondary N) is 1. The van der Waals surface area contributed by atoms with Crippen molar-refractivity contribution in [2.75, 3.05) is 14.2 Å². The first kappa shape index (κ1) is 29.2. The topological polar surface area (TPSA) is 67.9 Å². The Labute approximate surface area is 234 Å². The first-order chi connectivity index (χ1) is 18.1. The number of halogens is 1. The Hall–Kier alpha value is -3.32. The van der Waals surface area contributed by atoms with Crippen LogP contribution in [0.4, 0.5) is 0 Å². The lowest BCUT2D eigenvalue weighted by molar-refractivity contribution is -0.141. The van der Waals surface area contributed by atoms with Gasteiger partial charge < -0.3 is 19.7 Å². The maximum absolute atomic E-state index is 13.8. The zero-order valence-electron chi connectivity index (χ0n) is 22.8. The summed E-state index contributed by atoms with van der Waals surface area (Å²) >= 11 is 3.48. The van der Waals surface area contributed by atoms with Crippen LogP contribution in [0.1, 0.15) is 43.9 Å². The van der Waals surface area contributed by atoms with Gasteiger partial charge in [-0.1, -0.05) is 64.5 Å². The van der Waals surface area contributed by atoms with E-state index in [9.17, 15) is 9.59 Å². The second kappa shape index (κ2) is 13.5. The molecule has 0 heterocycles. The van der Waals surface area contributed by atoms with Crippen molar-refractivity contribution < 1.29 is 19.1 Å². The van der Waals surface area contributed by atoms with Gasteiger partial charge in [0.05, 0.1) is 14.2 Å². The summed E-state index contributed by atoms with van der Waals surface area (Å²) in [4.78, 5) is 29.2. The zero-order chi connectivity index (χ0) is 27.7. The molecule has 38 heavy (non-hydrogen) atoms. The fourth-order valence-electron chi connectivity index (χ4n) is 4.22. The molecular weight excluding hydrogens is 544 g/mol. The molecule has 0 aliphatic carbocycles. The Morgan fingerprint density at radius 2 is 1.50 bits per heavy atom. The zero-order valence-corrected chi connectivity index (χ0v) is 24.4. The predicted octanol–water partition coefficient (Wildman–Crippen LogP) is 5.95. The number of nitrogens with zero attached hydrogens (tertiary/aromatic N) is 1. The second-order valence-corrected chi connectivity index (χ2v) is 11.2. The van der Waals surface area contributed by atoms with Crippen LogP contribution in [0, 0.1) is 0 Å². The Morgan fingerprint density at radius 1 is 0.868 bits per heavy atom. The van der Waals surface area contributed by atoms with E-state index in [1.807, 2.05) is 93.6 Å². The monoisotopic (exact) mass is 580 g/mol. The molecular formula is C31H37BrN2O4. The fraction of sp³-hybridized carbons (Fsp3) is 0.355. The molecule has 202 valence electrons. The first-order valence-corrected chi connectivity index (χ1v) is 13.5. The number of ether oxygens (including phenoxy) is 2. The molecule has 0 aromatic heterocycles. The minimum absolute atomic E-state index is 0.0901. The largest absolute Gasteiger partial charge is 0.493 e. The Kier molecular flexibility index (Phi) is 10.4. The predicted molar refractivity (Wildman–Crippen MR) is 154 cm³/mol. The van der Waals surface area contributed by atoms with Crippen molar-refractivity contribution >= 4 is 27.7 Å². The highest BCUT2D eigenvalue weighted by Crippen LogP contribution is 2.28. The molecule has 1 atom stereocenters. The van der Waals surface area contributed by atoms with Gasteiger partial charge in [-0.3, -0.25) is 9.59 Å². The molecule has 0 radical (unpaired) electrons. The van der Waals surface area contributed by atoms with Crippen molar-refractivity contribution in [2.45, 2.75) is 58.2 Å². The summed E-state index contributed by atoms with van der Waals surface area (Å²) in [6.45, 7) is 6.17. The van der Waals surface area contributed by atoms with E-state index < -0.39 is 11.6 Å². The van der Waals surface area contributed by atoms with E-state index >= 15 is 0 Å². The van der Waals surface area contributed by atoms with E-state index in [4.69, 9.17) is 9.47 Å². The summed E-state index contributed by atoms with van der Waals surface area (Å²) in [5.74, 6) is 1.00. The Morgan fingerprint density at radius 3 is 2.11 bits per heavy atom. The van der Waals surface area contributed by atoms with Gasteiger partial charge in [-0.2, -0.15) is 0 Å². The molecule has 3 aromatic carbocycles. The molecule has 3 aromatic rings. The molecule has 0 aliphatic heterocycles. The quantitative estimate of drug-likeness (QED) is 0.304. The number of carbonyl (C=O) groups excluding carboxylic acids is 2. The number of amides is 2. The Bertz CT molecular complexity index is 1210. The molecule has 0 fully saturated rings. The molecule has 0 spiro atoms. The standard InChI is InChI=1S/C31H37BrN2O4/c1-31(2,3)33-30(36)26(19-22-9-7-6-8-10-22)34(21-24-11-15-25(32)16-12-24)29(35)18-14-23-13-17-27(37-4)28(20-23)38-5/h6-13,15-17,20,26H,14,18-19,21H2,1-5H3,(H,33,36)/t26-/m1/s1. The van der Waals surface area contributed by atoms with Crippen LogP contribution in [0.2, 0.25) is 0 Å². The fourth-order valence-corrected chi connectivity index (χ4v) is 4.49. The maximum atomic E-state index is 13.8. The highest BCUT2D eigenvalue weighted by Gasteiger charge is 2.32. The van der Waals surface area contributed by atoms with Crippen LogP contribution in [0.25, 0.3) is 0 Å². The Balaban J connectivity index is 1.92. The van der Waals surface area contributed by atoms with Gasteiger partial charge in [0.15, 0.2) is 11.5 Å². The summed E-state index contributed by atoms with van der Waals surface area (Å²) in [6.07, 6.45) is 1.18. The number of carbonyl (C=O) groups is 2. The van der Waals surface area contributed by atoms with Crippen LogP contribution in [0.5, 0.6) is 11.5 Å². The molecule has 0 bridgehead atoms. The number of aryl methyl sites for hydroxylation is 1. The van der Waals surface area contributed by atoms with Crippen molar-refractivity contribution in [3.63, 3.8) is 0 Å². The third-order valence-electron chi connectivity index (χ3n) is 6.11.